The molecule has 0 atom stereocenters. The van der Waals surface area contributed by atoms with Gasteiger partial charge in [0.25, 0.3) is 5.91 Å². The molecule has 0 aromatic carbocycles. The minimum absolute atomic E-state index is 0.00323. The third kappa shape index (κ3) is 4.48. The largest absolute Gasteiger partial charge is 0.341 e. The molecule has 3 fully saturated rings. The topological polar surface area (TPSA) is 72.9 Å². The molecule has 0 aliphatic carbocycles. The van der Waals surface area contributed by atoms with Gasteiger partial charge >= 0.3 is 0 Å². The van der Waals surface area contributed by atoms with Crippen molar-refractivity contribution in [2.75, 3.05) is 64.3 Å². The molecule has 8 nitrogen and oxygen atoms in total. The zero-order valence-corrected chi connectivity index (χ0v) is 17.8. The first kappa shape index (κ1) is 20.3. The van der Waals surface area contributed by atoms with Crippen molar-refractivity contribution >= 4 is 29.4 Å². The Hall–Kier alpha value is -1.93. The van der Waals surface area contributed by atoms with E-state index in [1.807, 2.05) is 4.90 Å². The van der Waals surface area contributed by atoms with Crippen LogP contribution in [0.25, 0.3) is 0 Å². The second-order valence-corrected chi connectivity index (χ2v) is 8.66. The number of halogens is 1. The van der Waals surface area contributed by atoms with Gasteiger partial charge in [-0.25, -0.2) is 9.97 Å². The van der Waals surface area contributed by atoms with E-state index in [4.69, 9.17) is 11.6 Å². The van der Waals surface area contributed by atoms with Gasteiger partial charge in [0, 0.05) is 58.3 Å². The third-order valence-electron chi connectivity index (χ3n) is 6.27. The minimum atomic E-state index is -0.164. The van der Waals surface area contributed by atoms with E-state index in [-0.39, 0.29) is 28.4 Å². The first-order chi connectivity index (χ1) is 14.0. The molecule has 3 aliphatic heterocycles. The molecule has 3 saturated heterocycles. The van der Waals surface area contributed by atoms with E-state index in [0.717, 1.165) is 52.1 Å². The smallest absolute Gasteiger partial charge is 0.274 e. The van der Waals surface area contributed by atoms with Crippen LogP contribution in [0, 0.1) is 5.92 Å². The van der Waals surface area contributed by atoms with Crippen LogP contribution in [0.4, 0.5) is 5.95 Å². The van der Waals surface area contributed by atoms with Gasteiger partial charge < -0.3 is 19.6 Å². The average molecular weight is 421 g/mol. The van der Waals surface area contributed by atoms with E-state index in [1.165, 1.54) is 6.20 Å². The summed E-state index contributed by atoms with van der Waals surface area (Å²) >= 11 is 6.25. The lowest BCUT2D eigenvalue weighted by Crippen LogP contribution is -2.51. The quantitative estimate of drug-likeness (QED) is 0.735. The maximum Gasteiger partial charge on any atom is 0.274 e. The highest BCUT2D eigenvalue weighted by molar-refractivity contribution is 6.33. The van der Waals surface area contributed by atoms with E-state index in [1.54, 1.807) is 4.90 Å². The van der Waals surface area contributed by atoms with Crippen LogP contribution >= 0.6 is 11.6 Å². The number of anilines is 1. The summed E-state index contributed by atoms with van der Waals surface area (Å²) in [6.45, 7) is 6.38. The molecule has 0 bridgehead atoms. The monoisotopic (exact) mass is 420 g/mol. The van der Waals surface area contributed by atoms with Gasteiger partial charge in [-0.2, -0.15) is 0 Å². The van der Waals surface area contributed by atoms with Gasteiger partial charge in [-0.15, -0.1) is 0 Å². The highest BCUT2D eigenvalue weighted by atomic mass is 35.5. The number of likely N-dealkylation sites (tertiary alicyclic amines) is 1. The summed E-state index contributed by atoms with van der Waals surface area (Å²) in [5.74, 6) is 0.656. The van der Waals surface area contributed by atoms with Gasteiger partial charge in [-0.05, 0) is 32.7 Å². The number of piperidine rings is 1. The van der Waals surface area contributed by atoms with Crippen molar-refractivity contribution in [3.8, 4) is 0 Å². The molecule has 4 heterocycles. The molecule has 2 amide bonds. The van der Waals surface area contributed by atoms with Crippen molar-refractivity contribution < 1.29 is 9.59 Å². The van der Waals surface area contributed by atoms with E-state index in [9.17, 15) is 9.59 Å². The lowest BCUT2D eigenvalue weighted by molar-refractivity contribution is -0.138. The van der Waals surface area contributed by atoms with Crippen molar-refractivity contribution in [1.29, 1.82) is 0 Å². The molecule has 1 aromatic rings. The number of nitrogens with zero attached hydrogens (tertiary/aromatic N) is 6. The summed E-state index contributed by atoms with van der Waals surface area (Å²) in [7, 11) is 2.08. The number of piperazine rings is 1. The maximum atomic E-state index is 13.0. The molecule has 158 valence electrons. The second kappa shape index (κ2) is 8.83. The first-order valence-corrected chi connectivity index (χ1v) is 10.9. The number of carbonyl (C=O) groups is 2. The van der Waals surface area contributed by atoms with Gasteiger partial charge in [0.2, 0.25) is 11.9 Å². The fourth-order valence-electron chi connectivity index (χ4n) is 4.34. The number of aromatic nitrogens is 2. The standard InChI is InChI=1S/C20H29ClN6O2/c1-24-10-12-26(13-11-24)18(28)15-4-8-25(9-5-15)19(29)17-16(21)14-22-20(23-17)27-6-2-3-7-27/h14-15H,2-13H2,1H3. The number of hydrogen-bond acceptors (Lipinski definition) is 6. The first-order valence-electron chi connectivity index (χ1n) is 10.6. The SMILES string of the molecule is CN1CCN(C(=O)C2CCN(C(=O)c3nc(N4CCCC4)ncc3Cl)CC2)CC1. The molecular weight excluding hydrogens is 392 g/mol. The van der Waals surface area contributed by atoms with Crippen LogP contribution < -0.4 is 4.90 Å². The zero-order valence-electron chi connectivity index (χ0n) is 17.0. The molecule has 0 unspecified atom stereocenters. The van der Waals surface area contributed by atoms with E-state index in [0.29, 0.717) is 31.9 Å². The Morgan fingerprint density at radius 3 is 2.28 bits per heavy atom. The molecule has 4 rings (SSSR count). The van der Waals surface area contributed by atoms with Crippen LogP contribution in [0.3, 0.4) is 0 Å². The van der Waals surface area contributed by atoms with Gasteiger partial charge in [-0.1, -0.05) is 11.6 Å². The Labute approximate surface area is 176 Å². The van der Waals surface area contributed by atoms with Gasteiger partial charge in [0.15, 0.2) is 5.69 Å². The predicted octanol–water partition coefficient (Wildman–Crippen LogP) is 1.36. The van der Waals surface area contributed by atoms with Crippen molar-refractivity contribution in [2.45, 2.75) is 25.7 Å². The van der Waals surface area contributed by atoms with Gasteiger partial charge in [0.1, 0.15) is 0 Å². The maximum absolute atomic E-state index is 13.0. The van der Waals surface area contributed by atoms with Crippen molar-refractivity contribution in [2.24, 2.45) is 5.92 Å². The second-order valence-electron chi connectivity index (χ2n) is 8.26. The molecule has 0 N–H and O–H groups in total. The summed E-state index contributed by atoms with van der Waals surface area (Å²) in [6.07, 6.45) is 5.14. The Morgan fingerprint density at radius 2 is 1.62 bits per heavy atom. The molecule has 0 spiro atoms. The van der Waals surface area contributed by atoms with Crippen LogP contribution in [0.1, 0.15) is 36.2 Å². The summed E-state index contributed by atoms with van der Waals surface area (Å²) in [6, 6.07) is 0. The normalized spacial score (nSPS) is 21.7. The van der Waals surface area contributed by atoms with Gasteiger partial charge in [0.05, 0.1) is 11.2 Å². The highest BCUT2D eigenvalue weighted by Gasteiger charge is 2.32. The summed E-state index contributed by atoms with van der Waals surface area (Å²) < 4.78 is 0. The molecule has 29 heavy (non-hydrogen) atoms. The van der Waals surface area contributed by atoms with Crippen molar-refractivity contribution in [3.05, 3.63) is 16.9 Å². The van der Waals surface area contributed by atoms with Crippen LogP contribution in [-0.4, -0.2) is 95.9 Å². The fraction of sp³-hybridized carbons (Fsp3) is 0.700. The molecule has 1 aromatic heterocycles. The summed E-state index contributed by atoms with van der Waals surface area (Å²) in [5.41, 5.74) is 0.271. The zero-order chi connectivity index (χ0) is 20.4. The summed E-state index contributed by atoms with van der Waals surface area (Å²) in [5, 5.41) is 0.286. The van der Waals surface area contributed by atoms with Crippen LogP contribution in [0.5, 0.6) is 0 Å². The number of hydrogen-bond donors (Lipinski definition) is 0. The lowest BCUT2D eigenvalue weighted by Gasteiger charge is -2.37. The van der Waals surface area contributed by atoms with Gasteiger partial charge in [-0.3, -0.25) is 9.59 Å². The van der Waals surface area contributed by atoms with Crippen LogP contribution in [0.2, 0.25) is 5.02 Å². The molecule has 3 aliphatic rings. The number of carbonyl (C=O) groups excluding carboxylic acids is 2. The molecule has 9 heteroatoms. The average Bonchev–Trinajstić information content (AvgIpc) is 3.29. The molecule has 0 saturated carbocycles. The predicted molar refractivity (Wildman–Crippen MR) is 111 cm³/mol. The fourth-order valence-corrected chi connectivity index (χ4v) is 4.51. The Kier molecular flexibility index (Phi) is 6.20. The van der Waals surface area contributed by atoms with E-state index < -0.39 is 0 Å². The number of rotatable bonds is 3. The van der Waals surface area contributed by atoms with E-state index in [2.05, 4.69) is 26.8 Å². The lowest BCUT2D eigenvalue weighted by atomic mass is 9.94. The minimum Gasteiger partial charge on any atom is -0.341 e. The number of amides is 2. The van der Waals surface area contributed by atoms with Crippen molar-refractivity contribution in [1.82, 2.24) is 24.7 Å². The third-order valence-corrected chi connectivity index (χ3v) is 6.55. The van der Waals surface area contributed by atoms with E-state index >= 15 is 0 Å². The Balaban J connectivity index is 1.36. The molecule has 0 radical (unpaired) electrons. The highest BCUT2D eigenvalue weighted by Crippen LogP contribution is 2.25. The Bertz CT molecular complexity index is 753. The van der Waals surface area contributed by atoms with Crippen LogP contribution in [-0.2, 0) is 4.79 Å². The van der Waals surface area contributed by atoms with Crippen molar-refractivity contribution in [3.63, 3.8) is 0 Å². The Morgan fingerprint density at radius 1 is 0.966 bits per heavy atom. The summed E-state index contributed by atoms with van der Waals surface area (Å²) in [4.78, 5) is 42.7. The van der Waals surface area contributed by atoms with Crippen LogP contribution in [0.15, 0.2) is 6.20 Å². The number of likely N-dealkylation sites (N-methyl/N-ethyl adjacent to an activating group) is 1. The molecular formula is C20H29ClN6O2.